The number of hydrogen-bond donors (Lipinski definition) is 1. The summed E-state index contributed by atoms with van der Waals surface area (Å²) in [5.41, 5.74) is 2.40. The molecule has 0 bridgehead atoms. The molecular formula is C18H25NO2. The van der Waals surface area contributed by atoms with Gasteiger partial charge in [0.2, 0.25) is 0 Å². The Hall–Kier alpha value is -1.58. The van der Waals surface area contributed by atoms with Crippen molar-refractivity contribution < 1.29 is 9.15 Å². The van der Waals surface area contributed by atoms with E-state index in [1.807, 2.05) is 25.1 Å². The molecule has 3 heteroatoms. The van der Waals surface area contributed by atoms with E-state index < -0.39 is 0 Å². The fourth-order valence-corrected chi connectivity index (χ4v) is 2.02. The molecule has 0 atom stereocenters. The molecule has 3 nitrogen and oxygen atoms in total. The van der Waals surface area contributed by atoms with Gasteiger partial charge >= 0.3 is 0 Å². The van der Waals surface area contributed by atoms with E-state index in [1.165, 1.54) is 5.56 Å². The van der Waals surface area contributed by atoms with Gasteiger partial charge in [0.05, 0.1) is 19.8 Å². The normalized spacial score (nSPS) is 11.8. The standard InChI is InChI=1S/C18H25NO2/c1-14-16(10-17(21-14)11-19-18(2,3)4)13-20-12-15-8-6-5-7-9-15/h5-10,19H,11-13H2,1-4H3. The molecule has 0 amide bonds. The topological polar surface area (TPSA) is 34.4 Å². The van der Waals surface area contributed by atoms with Crippen molar-refractivity contribution in [2.24, 2.45) is 0 Å². The Labute approximate surface area is 127 Å². The highest BCUT2D eigenvalue weighted by Gasteiger charge is 2.12. The van der Waals surface area contributed by atoms with Gasteiger partial charge in [-0.05, 0) is 39.3 Å². The first-order valence-corrected chi connectivity index (χ1v) is 7.39. The molecule has 0 saturated heterocycles. The van der Waals surface area contributed by atoms with E-state index in [-0.39, 0.29) is 5.54 Å². The van der Waals surface area contributed by atoms with Gasteiger partial charge in [0.1, 0.15) is 11.5 Å². The van der Waals surface area contributed by atoms with E-state index in [9.17, 15) is 0 Å². The van der Waals surface area contributed by atoms with Crippen molar-refractivity contribution >= 4 is 0 Å². The van der Waals surface area contributed by atoms with Crippen molar-refractivity contribution in [2.45, 2.75) is 53.0 Å². The van der Waals surface area contributed by atoms with E-state index >= 15 is 0 Å². The van der Waals surface area contributed by atoms with Crippen LogP contribution in [0.3, 0.4) is 0 Å². The van der Waals surface area contributed by atoms with Gasteiger partial charge in [0.25, 0.3) is 0 Å². The summed E-state index contributed by atoms with van der Waals surface area (Å²) >= 11 is 0. The molecular weight excluding hydrogens is 262 g/mol. The number of furan rings is 1. The number of nitrogens with one attached hydrogen (secondary N) is 1. The van der Waals surface area contributed by atoms with Crippen molar-refractivity contribution in [3.05, 3.63) is 59.0 Å². The summed E-state index contributed by atoms with van der Waals surface area (Å²) in [4.78, 5) is 0. The third-order valence-corrected chi connectivity index (χ3v) is 3.23. The summed E-state index contributed by atoms with van der Waals surface area (Å²) in [6.07, 6.45) is 0. The lowest BCUT2D eigenvalue weighted by molar-refractivity contribution is 0.106. The maximum atomic E-state index is 5.77. The molecule has 2 aromatic rings. The van der Waals surface area contributed by atoms with Gasteiger partial charge in [0.15, 0.2) is 0 Å². The number of ether oxygens (including phenoxy) is 1. The average Bonchev–Trinajstić information content (AvgIpc) is 2.78. The predicted molar refractivity (Wildman–Crippen MR) is 85.0 cm³/mol. The Bertz CT molecular complexity index is 552. The van der Waals surface area contributed by atoms with Crippen LogP contribution in [0.25, 0.3) is 0 Å². The van der Waals surface area contributed by atoms with Crippen molar-refractivity contribution in [1.29, 1.82) is 0 Å². The maximum absolute atomic E-state index is 5.77. The average molecular weight is 287 g/mol. The highest BCUT2D eigenvalue weighted by molar-refractivity contribution is 5.20. The second-order valence-electron chi connectivity index (χ2n) is 6.38. The molecule has 0 aliphatic carbocycles. The van der Waals surface area contributed by atoms with E-state index in [2.05, 4.69) is 44.3 Å². The van der Waals surface area contributed by atoms with Crippen LogP contribution in [0.1, 0.15) is 43.4 Å². The first-order chi connectivity index (χ1) is 9.94. The van der Waals surface area contributed by atoms with Crippen LogP contribution in [0.2, 0.25) is 0 Å². The molecule has 1 heterocycles. The molecule has 114 valence electrons. The van der Waals surface area contributed by atoms with Gasteiger partial charge in [0, 0.05) is 11.1 Å². The lowest BCUT2D eigenvalue weighted by atomic mass is 10.1. The summed E-state index contributed by atoms with van der Waals surface area (Å²) in [5, 5.41) is 3.43. The molecule has 1 aromatic carbocycles. The monoisotopic (exact) mass is 287 g/mol. The molecule has 0 saturated carbocycles. The molecule has 0 radical (unpaired) electrons. The van der Waals surface area contributed by atoms with Gasteiger partial charge in [-0.15, -0.1) is 0 Å². The van der Waals surface area contributed by atoms with Crippen molar-refractivity contribution in [3.63, 3.8) is 0 Å². The number of aryl methyl sites for hydroxylation is 1. The minimum Gasteiger partial charge on any atom is -0.465 e. The van der Waals surface area contributed by atoms with E-state index in [0.29, 0.717) is 13.2 Å². The zero-order valence-corrected chi connectivity index (χ0v) is 13.4. The van der Waals surface area contributed by atoms with Crippen molar-refractivity contribution in [1.82, 2.24) is 5.32 Å². The second-order valence-corrected chi connectivity index (χ2v) is 6.38. The molecule has 0 aliphatic heterocycles. The molecule has 0 unspecified atom stereocenters. The summed E-state index contributed by atoms with van der Waals surface area (Å²) < 4.78 is 11.5. The second kappa shape index (κ2) is 6.92. The van der Waals surface area contributed by atoms with E-state index in [4.69, 9.17) is 9.15 Å². The van der Waals surface area contributed by atoms with Crippen LogP contribution < -0.4 is 5.32 Å². The number of benzene rings is 1. The van der Waals surface area contributed by atoms with Crippen LogP contribution in [-0.2, 0) is 24.5 Å². The highest BCUT2D eigenvalue weighted by atomic mass is 16.5. The first kappa shape index (κ1) is 15.8. The predicted octanol–water partition coefficient (Wildman–Crippen LogP) is 4.19. The summed E-state index contributed by atoms with van der Waals surface area (Å²) in [5.74, 6) is 1.90. The van der Waals surface area contributed by atoms with Crippen LogP contribution in [0, 0.1) is 6.92 Å². The lowest BCUT2D eigenvalue weighted by Gasteiger charge is -2.19. The molecule has 1 N–H and O–H groups in total. The lowest BCUT2D eigenvalue weighted by Crippen LogP contribution is -2.34. The molecule has 1 aromatic heterocycles. The molecule has 0 aliphatic rings. The Balaban J connectivity index is 1.85. The quantitative estimate of drug-likeness (QED) is 0.865. The Morgan fingerprint density at radius 3 is 2.48 bits per heavy atom. The molecule has 2 rings (SSSR count). The Morgan fingerprint density at radius 2 is 1.81 bits per heavy atom. The van der Waals surface area contributed by atoms with Gasteiger partial charge in [-0.25, -0.2) is 0 Å². The summed E-state index contributed by atoms with van der Waals surface area (Å²) in [6.45, 7) is 10.4. The van der Waals surface area contributed by atoms with Crippen molar-refractivity contribution in [3.8, 4) is 0 Å². The zero-order valence-electron chi connectivity index (χ0n) is 13.4. The molecule has 0 spiro atoms. The van der Waals surface area contributed by atoms with Gasteiger partial charge in [-0.1, -0.05) is 30.3 Å². The van der Waals surface area contributed by atoms with Crippen LogP contribution in [0.5, 0.6) is 0 Å². The summed E-state index contributed by atoms with van der Waals surface area (Å²) in [6, 6.07) is 12.3. The number of rotatable bonds is 6. The van der Waals surface area contributed by atoms with E-state index in [1.54, 1.807) is 0 Å². The van der Waals surface area contributed by atoms with Gasteiger partial charge < -0.3 is 14.5 Å². The minimum atomic E-state index is 0.0880. The highest BCUT2D eigenvalue weighted by Crippen LogP contribution is 2.17. The van der Waals surface area contributed by atoms with Crippen LogP contribution in [-0.4, -0.2) is 5.54 Å². The van der Waals surface area contributed by atoms with Gasteiger partial charge in [-0.2, -0.15) is 0 Å². The fraction of sp³-hybridized carbons (Fsp3) is 0.444. The first-order valence-electron chi connectivity index (χ1n) is 7.39. The van der Waals surface area contributed by atoms with Crippen LogP contribution >= 0.6 is 0 Å². The third-order valence-electron chi connectivity index (χ3n) is 3.23. The maximum Gasteiger partial charge on any atom is 0.118 e. The van der Waals surface area contributed by atoms with E-state index in [0.717, 1.165) is 23.6 Å². The summed E-state index contributed by atoms with van der Waals surface area (Å²) in [7, 11) is 0. The van der Waals surface area contributed by atoms with Crippen molar-refractivity contribution in [2.75, 3.05) is 0 Å². The third kappa shape index (κ3) is 5.37. The largest absolute Gasteiger partial charge is 0.465 e. The van der Waals surface area contributed by atoms with Gasteiger partial charge in [-0.3, -0.25) is 0 Å². The fourth-order valence-electron chi connectivity index (χ4n) is 2.02. The Kier molecular flexibility index (Phi) is 5.21. The minimum absolute atomic E-state index is 0.0880. The number of hydrogen-bond acceptors (Lipinski definition) is 3. The SMILES string of the molecule is Cc1oc(CNC(C)(C)C)cc1COCc1ccccc1. The Morgan fingerprint density at radius 1 is 1.10 bits per heavy atom. The van der Waals surface area contributed by atoms with Crippen LogP contribution in [0.15, 0.2) is 40.8 Å². The zero-order chi connectivity index (χ0) is 15.3. The van der Waals surface area contributed by atoms with Crippen LogP contribution in [0.4, 0.5) is 0 Å². The molecule has 21 heavy (non-hydrogen) atoms. The molecule has 0 fully saturated rings. The smallest absolute Gasteiger partial charge is 0.118 e.